The van der Waals surface area contributed by atoms with Gasteiger partial charge in [-0.3, -0.25) is 9.69 Å². The molecule has 0 bridgehead atoms. The van der Waals surface area contributed by atoms with Crippen LogP contribution in [0.2, 0.25) is 5.02 Å². The number of hydrogen-bond acceptors (Lipinski definition) is 7. The molecule has 1 aromatic carbocycles. The zero-order chi connectivity index (χ0) is 21.2. The van der Waals surface area contributed by atoms with Crippen molar-refractivity contribution in [2.45, 2.75) is 19.5 Å². The Hall–Kier alpha value is -2.97. The molecule has 31 heavy (non-hydrogen) atoms. The van der Waals surface area contributed by atoms with Crippen molar-refractivity contribution in [2.24, 2.45) is 0 Å². The number of rotatable bonds is 4. The molecule has 0 unspecified atom stereocenters. The smallest absolute Gasteiger partial charge is 0.276 e. The highest BCUT2D eigenvalue weighted by molar-refractivity contribution is 6.31. The van der Waals surface area contributed by atoms with Crippen LogP contribution in [0, 0.1) is 0 Å². The second-order valence-electron chi connectivity index (χ2n) is 7.79. The summed E-state index contributed by atoms with van der Waals surface area (Å²) in [6.45, 7) is 5.14. The van der Waals surface area contributed by atoms with Crippen molar-refractivity contribution in [2.75, 3.05) is 37.6 Å². The molecule has 8 nitrogen and oxygen atoms in total. The van der Waals surface area contributed by atoms with Gasteiger partial charge in [-0.15, -0.1) is 0 Å². The SMILES string of the molecule is O=C(c1coc(CN2CCN(c3ncccn3)CC2)n1)N1CCc2c(Cl)cccc2C1. The lowest BCUT2D eigenvalue weighted by molar-refractivity contribution is 0.0728. The first-order chi connectivity index (χ1) is 15.2. The number of aromatic nitrogens is 3. The Morgan fingerprint density at radius 2 is 1.87 bits per heavy atom. The highest BCUT2D eigenvalue weighted by Gasteiger charge is 2.26. The van der Waals surface area contributed by atoms with E-state index in [-0.39, 0.29) is 5.91 Å². The average Bonchev–Trinajstić information content (AvgIpc) is 3.28. The molecule has 0 N–H and O–H groups in total. The third-order valence-electron chi connectivity index (χ3n) is 5.83. The number of amides is 1. The van der Waals surface area contributed by atoms with E-state index in [0.717, 1.165) is 54.7 Å². The van der Waals surface area contributed by atoms with Crippen LogP contribution in [-0.2, 0) is 19.5 Å². The van der Waals surface area contributed by atoms with Gasteiger partial charge in [-0.1, -0.05) is 23.7 Å². The molecule has 4 heterocycles. The van der Waals surface area contributed by atoms with Crippen LogP contribution in [0.15, 0.2) is 47.3 Å². The van der Waals surface area contributed by atoms with Crippen LogP contribution >= 0.6 is 11.6 Å². The minimum Gasteiger partial charge on any atom is -0.447 e. The van der Waals surface area contributed by atoms with Crippen LogP contribution in [0.5, 0.6) is 0 Å². The topological polar surface area (TPSA) is 78.6 Å². The van der Waals surface area contributed by atoms with E-state index in [9.17, 15) is 4.79 Å². The monoisotopic (exact) mass is 438 g/mol. The van der Waals surface area contributed by atoms with E-state index in [1.165, 1.54) is 6.26 Å². The predicted molar refractivity (Wildman–Crippen MR) is 116 cm³/mol. The van der Waals surface area contributed by atoms with Crippen LogP contribution in [0.3, 0.4) is 0 Å². The fourth-order valence-corrected chi connectivity index (χ4v) is 4.42. The number of oxazole rings is 1. The summed E-state index contributed by atoms with van der Waals surface area (Å²) in [5, 5.41) is 0.771. The molecule has 2 aliphatic rings. The van der Waals surface area contributed by atoms with Gasteiger partial charge in [-0.05, 0) is 29.7 Å². The fourth-order valence-electron chi connectivity index (χ4n) is 4.13. The second-order valence-corrected chi connectivity index (χ2v) is 8.20. The van der Waals surface area contributed by atoms with E-state index < -0.39 is 0 Å². The first-order valence-electron chi connectivity index (χ1n) is 10.4. The highest BCUT2D eigenvalue weighted by Crippen LogP contribution is 2.26. The minimum absolute atomic E-state index is 0.105. The number of carbonyl (C=O) groups excluding carboxylic acids is 1. The molecule has 2 aromatic heterocycles. The molecule has 3 aromatic rings. The zero-order valence-corrected chi connectivity index (χ0v) is 17.8. The summed E-state index contributed by atoms with van der Waals surface area (Å²) >= 11 is 6.28. The number of fused-ring (bicyclic) bond motifs is 1. The lowest BCUT2D eigenvalue weighted by Gasteiger charge is -2.33. The number of halogens is 1. The summed E-state index contributed by atoms with van der Waals surface area (Å²) in [7, 11) is 0. The average molecular weight is 439 g/mol. The maximum atomic E-state index is 12.9. The number of piperazine rings is 1. The summed E-state index contributed by atoms with van der Waals surface area (Å²) in [5.74, 6) is 1.22. The quantitative estimate of drug-likeness (QED) is 0.619. The van der Waals surface area contributed by atoms with Crippen LogP contribution in [0.25, 0.3) is 0 Å². The van der Waals surface area contributed by atoms with E-state index in [2.05, 4.69) is 24.8 Å². The molecule has 1 saturated heterocycles. The molecule has 9 heteroatoms. The molecule has 0 aliphatic carbocycles. The number of anilines is 1. The minimum atomic E-state index is -0.105. The summed E-state index contributed by atoms with van der Waals surface area (Å²) < 4.78 is 5.62. The number of nitrogens with zero attached hydrogens (tertiary/aromatic N) is 6. The zero-order valence-electron chi connectivity index (χ0n) is 17.1. The molecule has 160 valence electrons. The summed E-state index contributed by atoms with van der Waals surface area (Å²) in [5.41, 5.74) is 2.59. The standard InChI is InChI=1S/C22H23ClN6O2/c23-18-4-1-3-16-13-29(8-5-17(16)18)21(30)19-15-31-20(26-19)14-27-9-11-28(12-10-27)22-24-6-2-7-25-22/h1-4,6-7,15H,5,8-14H2. The van der Waals surface area contributed by atoms with Gasteiger partial charge in [0.25, 0.3) is 5.91 Å². The first-order valence-corrected chi connectivity index (χ1v) is 10.8. The number of carbonyl (C=O) groups is 1. The van der Waals surface area contributed by atoms with Gasteiger partial charge in [-0.2, -0.15) is 0 Å². The van der Waals surface area contributed by atoms with Crippen LogP contribution in [0.4, 0.5) is 5.95 Å². The molecule has 2 aliphatic heterocycles. The van der Waals surface area contributed by atoms with E-state index >= 15 is 0 Å². The van der Waals surface area contributed by atoms with Crippen molar-refractivity contribution in [3.05, 3.63) is 70.7 Å². The Kier molecular flexibility index (Phi) is 5.57. The fraction of sp³-hybridized carbons (Fsp3) is 0.364. The van der Waals surface area contributed by atoms with E-state index in [4.69, 9.17) is 16.0 Å². The Morgan fingerprint density at radius 1 is 1.06 bits per heavy atom. The van der Waals surface area contributed by atoms with Crippen LogP contribution < -0.4 is 4.90 Å². The molecule has 1 amide bonds. The molecule has 0 atom stereocenters. The molecule has 0 saturated carbocycles. The van der Waals surface area contributed by atoms with Gasteiger partial charge in [0.1, 0.15) is 6.26 Å². The van der Waals surface area contributed by atoms with Crippen molar-refractivity contribution in [3.8, 4) is 0 Å². The van der Waals surface area contributed by atoms with Gasteiger partial charge >= 0.3 is 0 Å². The van der Waals surface area contributed by atoms with Crippen molar-refractivity contribution in [1.29, 1.82) is 0 Å². The van der Waals surface area contributed by atoms with Crippen LogP contribution in [0.1, 0.15) is 27.5 Å². The number of hydrogen-bond donors (Lipinski definition) is 0. The van der Waals surface area contributed by atoms with Gasteiger partial charge in [0, 0.05) is 56.7 Å². The highest BCUT2D eigenvalue weighted by atomic mass is 35.5. The van der Waals surface area contributed by atoms with E-state index in [0.29, 0.717) is 31.2 Å². The lowest BCUT2D eigenvalue weighted by atomic mass is 9.99. The normalized spacial score (nSPS) is 16.9. The van der Waals surface area contributed by atoms with Crippen molar-refractivity contribution < 1.29 is 9.21 Å². The Bertz CT molecular complexity index is 1060. The van der Waals surface area contributed by atoms with Gasteiger partial charge in [-0.25, -0.2) is 15.0 Å². The van der Waals surface area contributed by atoms with Crippen molar-refractivity contribution in [1.82, 2.24) is 24.8 Å². The number of benzene rings is 1. The molecule has 0 spiro atoms. The van der Waals surface area contributed by atoms with Crippen molar-refractivity contribution >= 4 is 23.5 Å². The Labute approximate surface area is 185 Å². The molecule has 1 fully saturated rings. The Morgan fingerprint density at radius 3 is 2.68 bits per heavy atom. The second kappa shape index (κ2) is 8.64. The molecular weight excluding hydrogens is 416 g/mol. The van der Waals surface area contributed by atoms with Crippen LogP contribution in [-0.4, -0.2) is 63.4 Å². The van der Waals surface area contributed by atoms with Gasteiger partial charge in [0.2, 0.25) is 11.8 Å². The predicted octanol–water partition coefficient (Wildman–Crippen LogP) is 2.64. The maximum absolute atomic E-state index is 12.9. The lowest BCUT2D eigenvalue weighted by Crippen LogP contribution is -2.46. The third kappa shape index (κ3) is 4.26. The van der Waals surface area contributed by atoms with Gasteiger partial charge < -0.3 is 14.2 Å². The van der Waals surface area contributed by atoms with Crippen molar-refractivity contribution in [3.63, 3.8) is 0 Å². The van der Waals surface area contributed by atoms with E-state index in [1.807, 2.05) is 24.3 Å². The molecular formula is C22H23ClN6O2. The summed E-state index contributed by atoms with van der Waals surface area (Å²) in [6, 6.07) is 7.66. The largest absolute Gasteiger partial charge is 0.447 e. The maximum Gasteiger partial charge on any atom is 0.276 e. The van der Waals surface area contributed by atoms with E-state index in [1.54, 1.807) is 17.3 Å². The summed E-state index contributed by atoms with van der Waals surface area (Å²) in [4.78, 5) is 32.3. The third-order valence-corrected chi connectivity index (χ3v) is 6.19. The molecule has 0 radical (unpaired) electrons. The van der Waals surface area contributed by atoms with Gasteiger partial charge in [0.15, 0.2) is 5.69 Å². The van der Waals surface area contributed by atoms with Gasteiger partial charge in [0.05, 0.1) is 6.54 Å². The summed E-state index contributed by atoms with van der Waals surface area (Å²) in [6.07, 6.45) is 5.74. The first kappa shape index (κ1) is 20.0. The Balaban J connectivity index is 1.18. The molecule has 5 rings (SSSR count).